The second-order valence-electron chi connectivity index (χ2n) is 3.58. The van der Waals surface area contributed by atoms with Gasteiger partial charge in [0, 0.05) is 15.4 Å². The monoisotopic (exact) mass is 313 g/mol. The van der Waals surface area contributed by atoms with E-state index >= 15 is 0 Å². The average molecular weight is 314 g/mol. The van der Waals surface area contributed by atoms with Crippen LogP contribution in [-0.4, -0.2) is 10.8 Å². The first-order valence-electron chi connectivity index (χ1n) is 4.95. The summed E-state index contributed by atoms with van der Waals surface area (Å²) in [6, 6.07) is 4.06. The van der Waals surface area contributed by atoms with Crippen molar-refractivity contribution in [3.05, 3.63) is 50.1 Å². The molecular weight excluding hydrogens is 305 g/mol. The Hall–Kier alpha value is -1.07. The van der Waals surface area contributed by atoms with Crippen molar-refractivity contribution in [1.82, 2.24) is 4.98 Å². The molecule has 88 valence electrons. The first-order chi connectivity index (χ1) is 8.06. The van der Waals surface area contributed by atoms with Crippen LogP contribution >= 0.6 is 27.3 Å². The third-order valence-corrected chi connectivity index (χ3v) is 3.72. The van der Waals surface area contributed by atoms with Gasteiger partial charge in [-0.2, -0.15) is 0 Å². The zero-order chi connectivity index (χ0) is 12.4. The summed E-state index contributed by atoms with van der Waals surface area (Å²) >= 11 is 4.70. The third kappa shape index (κ3) is 2.98. The minimum Gasteiger partial charge on any atom is -0.294 e. The Kier molecular flexibility index (Phi) is 3.69. The molecule has 0 aliphatic heterocycles. The molecule has 1 heterocycles. The van der Waals surface area contributed by atoms with Crippen LogP contribution in [0.3, 0.4) is 0 Å². The van der Waals surface area contributed by atoms with Crippen LogP contribution in [0.2, 0.25) is 0 Å². The number of benzene rings is 1. The average Bonchev–Trinajstić information content (AvgIpc) is 2.63. The van der Waals surface area contributed by atoms with Crippen LogP contribution < -0.4 is 0 Å². The Balaban J connectivity index is 2.20. The molecule has 0 spiro atoms. The summed E-state index contributed by atoms with van der Waals surface area (Å²) in [6.45, 7) is 1.90. The van der Waals surface area contributed by atoms with Gasteiger partial charge < -0.3 is 0 Å². The van der Waals surface area contributed by atoms with Crippen molar-refractivity contribution < 1.29 is 9.18 Å². The third-order valence-electron chi connectivity index (χ3n) is 2.24. The fraction of sp³-hybridized carbons (Fsp3) is 0.167. The van der Waals surface area contributed by atoms with Gasteiger partial charge in [-0.3, -0.25) is 4.79 Å². The topological polar surface area (TPSA) is 30.0 Å². The summed E-state index contributed by atoms with van der Waals surface area (Å²) in [6.07, 6.45) is 0.245. The molecule has 1 aromatic heterocycles. The molecule has 0 saturated heterocycles. The first kappa shape index (κ1) is 12.4. The smallest absolute Gasteiger partial charge is 0.169 e. The lowest BCUT2D eigenvalue weighted by molar-refractivity contribution is 0.0991. The van der Waals surface area contributed by atoms with E-state index in [1.165, 1.54) is 29.5 Å². The number of rotatable bonds is 3. The maximum Gasteiger partial charge on any atom is 0.169 e. The first-order valence-corrected chi connectivity index (χ1v) is 6.63. The summed E-state index contributed by atoms with van der Waals surface area (Å²) < 4.78 is 13.4. The van der Waals surface area contributed by atoms with Gasteiger partial charge in [-0.05, 0) is 41.1 Å². The molecule has 0 bridgehead atoms. The Labute approximate surface area is 111 Å². The molecular formula is C12H9BrFNOS. The largest absolute Gasteiger partial charge is 0.294 e. The summed E-state index contributed by atoms with van der Waals surface area (Å²) in [4.78, 5) is 16.2. The van der Waals surface area contributed by atoms with Crippen LogP contribution in [0.4, 0.5) is 4.39 Å². The van der Waals surface area contributed by atoms with Gasteiger partial charge in [0.15, 0.2) is 5.78 Å². The number of carbonyl (C=O) groups excluding carboxylic acids is 1. The maximum atomic E-state index is 12.9. The molecule has 0 fully saturated rings. The van der Waals surface area contributed by atoms with Gasteiger partial charge in [-0.15, -0.1) is 11.3 Å². The van der Waals surface area contributed by atoms with E-state index in [1.807, 2.05) is 12.3 Å². The minimum atomic E-state index is -0.363. The molecule has 0 radical (unpaired) electrons. The lowest BCUT2D eigenvalue weighted by Gasteiger charge is -2.02. The number of aryl methyl sites for hydroxylation is 1. The molecule has 0 unspecified atom stereocenters. The van der Waals surface area contributed by atoms with Gasteiger partial charge in [-0.25, -0.2) is 9.37 Å². The summed E-state index contributed by atoms with van der Waals surface area (Å²) in [5, 5.41) is 2.80. The van der Waals surface area contributed by atoms with Gasteiger partial charge in [-0.1, -0.05) is 0 Å². The number of thiazole rings is 1. The highest BCUT2D eigenvalue weighted by atomic mass is 79.9. The van der Waals surface area contributed by atoms with Crippen LogP contribution in [0.15, 0.2) is 28.1 Å². The van der Waals surface area contributed by atoms with Crippen molar-refractivity contribution in [2.24, 2.45) is 0 Å². The Bertz CT molecular complexity index is 567. The van der Waals surface area contributed by atoms with E-state index in [1.54, 1.807) is 0 Å². The van der Waals surface area contributed by atoms with E-state index in [4.69, 9.17) is 0 Å². The van der Waals surface area contributed by atoms with Crippen molar-refractivity contribution in [2.75, 3.05) is 0 Å². The zero-order valence-corrected chi connectivity index (χ0v) is 11.4. The van der Waals surface area contributed by atoms with Crippen molar-refractivity contribution >= 4 is 33.0 Å². The highest BCUT2D eigenvalue weighted by molar-refractivity contribution is 9.10. The molecule has 2 rings (SSSR count). The lowest BCUT2D eigenvalue weighted by atomic mass is 10.1. The normalized spacial score (nSPS) is 10.5. The van der Waals surface area contributed by atoms with E-state index in [0.29, 0.717) is 10.0 Å². The lowest BCUT2D eigenvalue weighted by Crippen LogP contribution is -2.05. The quantitative estimate of drug-likeness (QED) is 0.807. The van der Waals surface area contributed by atoms with Crippen molar-refractivity contribution in [3.63, 3.8) is 0 Å². The molecule has 0 aliphatic carbocycles. The van der Waals surface area contributed by atoms with Crippen LogP contribution in [0.1, 0.15) is 21.1 Å². The van der Waals surface area contributed by atoms with Gasteiger partial charge >= 0.3 is 0 Å². The summed E-state index contributed by atoms with van der Waals surface area (Å²) in [5.41, 5.74) is 1.24. The fourth-order valence-electron chi connectivity index (χ4n) is 1.46. The maximum absolute atomic E-state index is 12.9. The number of hydrogen-bond donors (Lipinski definition) is 0. The molecule has 0 amide bonds. The molecule has 2 nitrogen and oxygen atoms in total. The number of carbonyl (C=O) groups is 1. The van der Waals surface area contributed by atoms with Gasteiger partial charge in [0.25, 0.3) is 0 Å². The number of ketones is 1. The Morgan fingerprint density at radius 2 is 2.29 bits per heavy atom. The second-order valence-corrected chi connectivity index (χ2v) is 5.50. The van der Waals surface area contributed by atoms with Gasteiger partial charge in [0.05, 0.1) is 17.1 Å². The molecule has 5 heteroatoms. The fourth-order valence-corrected chi connectivity index (χ4v) is 2.65. The standard InChI is InChI=1S/C12H9BrFNOS/c1-7-15-9(6-17-7)5-12(16)10-3-2-8(14)4-11(10)13/h2-4,6H,5H2,1H3. The van der Waals surface area contributed by atoms with E-state index in [-0.39, 0.29) is 18.0 Å². The van der Waals surface area contributed by atoms with E-state index in [2.05, 4.69) is 20.9 Å². The van der Waals surface area contributed by atoms with E-state index in [9.17, 15) is 9.18 Å². The highest BCUT2D eigenvalue weighted by Crippen LogP contribution is 2.20. The summed E-state index contributed by atoms with van der Waals surface area (Å²) in [7, 11) is 0. The molecule has 2 aromatic rings. The molecule has 17 heavy (non-hydrogen) atoms. The predicted octanol–water partition coefficient (Wildman–Crippen LogP) is 3.78. The number of aromatic nitrogens is 1. The minimum absolute atomic E-state index is 0.0674. The van der Waals surface area contributed by atoms with Crippen LogP contribution in [0.5, 0.6) is 0 Å². The van der Waals surface area contributed by atoms with Crippen LogP contribution in [0.25, 0.3) is 0 Å². The van der Waals surface area contributed by atoms with Gasteiger partial charge in [0.1, 0.15) is 5.82 Å². The van der Waals surface area contributed by atoms with E-state index in [0.717, 1.165) is 10.7 Å². The Morgan fingerprint density at radius 3 is 2.88 bits per heavy atom. The predicted molar refractivity (Wildman–Crippen MR) is 69.0 cm³/mol. The molecule has 0 aliphatic rings. The Morgan fingerprint density at radius 1 is 1.53 bits per heavy atom. The number of hydrogen-bond acceptors (Lipinski definition) is 3. The zero-order valence-electron chi connectivity index (χ0n) is 9.04. The summed E-state index contributed by atoms with van der Waals surface area (Å²) in [5.74, 6) is -0.430. The van der Waals surface area contributed by atoms with Gasteiger partial charge in [0.2, 0.25) is 0 Å². The molecule has 0 N–H and O–H groups in total. The van der Waals surface area contributed by atoms with Crippen molar-refractivity contribution in [3.8, 4) is 0 Å². The van der Waals surface area contributed by atoms with Crippen molar-refractivity contribution in [1.29, 1.82) is 0 Å². The SMILES string of the molecule is Cc1nc(CC(=O)c2ccc(F)cc2Br)cs1. The van der Waals surface area contributed by atoms with E-state index < -0.39 is 0 Å². The van der Waals surface area contributed by atoms with Crippen LogP contribution in [-0.2, 0) is 6.42 Å². The van der Waals surface area contributed by atoms with Crippen molar-refractivity contribution in [2.45, 2.75) is 13.3 Å². The van der Waals surface area contributed by atoms with Crippen LogP contribution in [0, 0.1) is 12.7 Å². The second kappa shape index (κ2) is 5.06. The number of halogens is 2. The number of Topliss-reactive ketones (excluding diaryl/α,β-unsaturated/α-hetero) is 1. The molecule has 0 atom stereocenters. The molecule has 0 saturated carbocycles. The highest BCUT2D eigenvalue weighted by Gasteiger charge is 2.12. The molecule has 1 aromatic carbocycles. The number of nitrogens with zero attached hydrogens (tertiary/aromatic N) is 1.